The fourth-order valence-electron chi connectivity index (χ4n) is 2.23. The third-order valence-corrected chi connectivity index (χ3v) is 3.95. The molecule has 0 unspecified atom stereocenters. The fourth-order valence-corrected chi connectivity index (χ4v) is 3.14. The number of nitrogens with one attached hydrogen (secondary N) is 1. The van der Waals surface area contributed by atoms with Crippen LogP contribution in [0.15, 0.2) is 34.8 Å². The molecule has 0 saturated carbocycles. The number of aryl methyl sites for hydroxylation is 3. The second-order valence-corrected chi connectivity index (χ2v) is 6.19. The van der Waals surface area contributed by atoms with Gasteiger partial charge in [-0.1, -0.05) is 33.6 Å². The summed E-state index contributed by atoms with van der Waals surface area (Å²) in [6.45, 7) is 7.14. The molecule has 0 heterocycles. The van der Waals surface area contributed by atoms with Crippen LogP contribution in [0.3, 0.4) is 0 Å². The first-order valence-corrected chi connectivity index (χ1v) is 7.40. The molecule has 0 aliphatic carbocycles. The highest BCUT2D eigenvalue weighted by molar-refractivity contribution is 9.10. The van der Waals surface area contributed by atoms with Crippen LogP contribution in [0.1, 0.15) is 22.3 Å². The van der Waals surface area contributed by atoms with E-state index in [0.29, 0.717) is 0 Å². The number of hydrogen-bond acceptors (Lipinski definition) is 1. The van der Waals surface area contributed by atoms with E-state index in [1.54, 1.807) is 0 Å². The zero-order valence-electron chi connectivity index (χ0n) is 11.3. The van der Waals surface area contributed by atoms with Gasteiger partial charge >= 0.3 is 0 Å². The SMILES string of the molecule is Cc1cc(Cl)ccc1CNc1c(C)cc(Br)cc1C. The summed E-state index contributed by atoms with van der Waals surface area (Å²) >= 11 is 9.50. The molecule has 0 radical (unpaired) electrons. The summed E-state index contributed by atoms with van der Waals surface area (Å²) in [5.41, 5.74) is 6.19. The van der Waals surface area contributed by atoms with Gasteiger partial charge in [-0.2, -0.15) is 0 Å². The highest BCUT2D eigenvalue weighted by Gasteiger charge is 2.05. The Hall–Kier alpha value is -0.990. The topological polar surface area (TPSA) is 12.0 Å². The molecule has 0 fully saturated rings. The zero-order valence-corrected chi connectivity index (χ0v) is 13.7. The van der Waals surface area contributed by atoms with Gasteiger partial charge in [0.1, 0.15) is 0 Å². The van der Waals surface area contributed by atoms with E-state index >= 15 is 0 Å². The summed E-state index contributed by atoms with van der Waals surface area (Å²) in [5, 5.41) is 4.31. The number of hydrogen-bond donors (Lipinski definition) is 1. The van der Waals surface area contributed by atoms with Crippen molar-refractivity contribution >= 4 is 33.2 Å². The molecular weight excluding hydrogens is 322 g/mol. The molecule has 2 aromatic carbocycles. The molecule has 0 aromatic heterocycles. The van der Waals surface area contributed by atoms with Crippen LogP contribution in [-0.4, -0.2) is 0 Å². The lowest BCUT2D eigenvalue weighted by Gasteiger charge is -2.14. The summed E-state index contributed by atoms with van der Waals surface area (Å²) in [6, 6.07) is 10.3. The van der Waals surface area contributed by atoms with Crippen molar-refractivity contribution in [3.63, 3.8) is 0 Å². The van der Waals surface area contributed by atoms with Crippen molar-refractivity contribution in [1.82, 2.24) is 0 Å². The van der Waals surface area contributed by atoms with Gasteiger partial charge in [0.05, 0.1) is 0 Å². The second-order valence-electron chi connectivity index (χ2n) is 4.84. The molecule has 0 saturated heterocycles. The van der Waals surface area contributed by atoms with E-state index in [1.807, 2.05) is 12.1 Å². The van der Waals surface area contributed by atoms with Crippen molar-refractivity contribution in [2.75, 3.05) is 5.32 Å². The molecule has 1 nitrogen and oxygen atoms in total. The highest BCUT2D eigenvalue weighted by atomic mass is 79.9. The first kappa shape index (κ1) is 14.4. The first-order chi connectivity index (χ1) is 8.97. The average molecular weight is 339 g/mol. The van der Waals surface area contributed by atoms with Gasteiger partial charge in [-0.25, -0.2) is 0 Å². The molecule has 0 atom stereocenters. The minimum absolute atomic E-state index is 0.789. The van der Waals surface area contributed by atoms with E-state index in [1.165, 1.54) is 27.9 Å². The average Bonchev–Trinajstić information content (AvgIpc) is 2.30. The number of anilines is 1. The summed E-state index contributed by atoms with van der Waals surface area (Å²) in [6.07, 6.45) is 0. The van der Waals surface area contributed by atoms with Crippen LogP contribution >= 0.6 is 27.5 Å². The van der Waals surface area contributed by atoms with Crippen LogP contribution in [0.2, 0.25) is 5.02 Å². The second kappa shape index (κ2) is 5.98. The Morgan fingerprint density at radius 2 is 1.63 bits per heavy atom. The van der Waals surface area contributed by atoms with Crippen molar-refractivity contribution in [2.24, 2.45) is 0 Å². The van der Waals surface area contributed by atoms with Crippen LogP contribution in [0, 0.1) is 20.8 Å². The molecule has 100 valence electrons. The summed E-state index contributed by atoms with van der Waals surface area (Å²) in [4.78, 5) is 0. The summed E-state index contributed by atoms with van der Waals surface area (Å²) < 4.78 is 1.12. The molecule has 19 heavy (non-hydrogen) atoms. The third-order valence-electron chi connectivity index (χ3n) is 3.26. The Morgan fingerprint density at radius 1 is 1.00 bits per heavy atom. The molecule has 0 amide bonds. The van der Waals surface area contributed by atoms with Gasteiger partial charge in [0.25, 0.3) is 0 Å². The minimum atomic E-state index is 0.789. The monoisotopic (exact) mass is 337 g/mol. The predicted molar refractivity (Wildman–Crippen MR) is 87.1 cm³/mol. The normalized spacial score (nSPS) is 10.6. The Morgan fingerprint density at radius 3 is 2.21 bits per heavy atom. The van der Waals surface area contributed by atoms with Crippen LogP contribution in [-0.2, 0) is 6.54 Å². The van der Waals surface area contributed by atoms with Crippen molar-refractivity contribution in [3.05, 3.63) is 62.1 Å². The van der Waals surface area contributed by atoms with Gasteiger partial charge in [-0.15, -0.1) is 0 Å². The maximum Gasteiger partial charge on any atom is 0.0408 e. The third kappa shape index (κ3) is 3.52. The van der Waals surface area contributed by atoms with Crippen molar-refractivity contribution in [2.45, 2.75) is 27.3 Å². The van der Waals surface area contributed by atoms with Crippen molar-refractivity contribution in [1.29, 1.82) is 0 Å². The molecule has 0 aliphatic heterocycles. The van der Waals surface area contributed by atoms with Gasteiger partial charge in [0.2, 0.25) is 0 Å². The van der Waals surface area contributed by atoms with Crippen molar-refractivity contribution < 1.29 is 0 Å². The number of rotatable bonds is 3. The Kier molecular flexibility index (Phi) is 4.54. The first-order valence-electron chi connectivity index (χ1n) is 6.23. The van der Waals surface area contributed by atoms with Gasteiger partial charge in [-0.3, -0.25) is 0 Å². The van der Waals surface area contributed by atoms with Crippen LogP contribution in [0.4, 0.5) is 5.69 Å². The molecule has 0 bridgehead atoms. The Balaban J connectivity index is 2.19. The molecular formula is C16H17BrClN. The largest absolute Gasteiger partial charge is 0.381 e. The lowest BCUT2D eigenvalue weighted by atomic mass is 10.1. The summed E-state index contributed by atoms with van der Waals surface area (Å²) in [5.74, 6) is 0. The van der Waals surface area contributed by atoms with E-state index in [4.69, 9.17) is 11.6 Å². The smallest absolute Gasteiger partial charge is 0.0408 e. The Labute approximate surface area is 128 Å². The number of halogens is 2. The van der Waals surface area contributed by atoms with E-state index in [-0.39, 0.29) is 0 Å². The van der Waals surface area contributed by atoms with E-state index in [9.17, 15) is 0 Å². The van der Waals surface area contributed by atoms with Crippen molar-refractivity contribution in [3.8, 4) is 0 Å². The van der Waals surface area contributed by atoms with Crippen LogP contribution in [0.25, 0.3) is 0 Å². The highest BCUT2D eigenvalue weighted by Crippen LogP contribution is 2.26. The van der Waals surface area contributed by atoms with Gasteiger partial charge < -0.3 is 5.32 Å². The van der Waals surface area contributed by atoms with Gasteiger partial charge in [-0.05, 0) is 67.3 Å². The molecule has 0 spiro atoms. The lowest BCUT2D eigenvalue weighted by molar-refractivity contribution is 1.10. The maximum atomic E-state index is 5.98. The van der Waals surface area contributed by atoms with Crippen LogP contribution < -0.4 is 5.32 Å². The molecule has 1 N–H and O–H groups in total. The molecule has 0 aliphatic rings. The minimum Gasteiger partial charge on any atom is -0.381 e. The van der Waals surface area contributed by atoms with Gasteiger partial charge in [0.15, 0.2) is 0 Å². The fraction of sp³-hybridized carbons (Fsp3) is 0.250. The molecule has 2 aromatic rings. The quantitative estimate of drug-likeness (QED) is 0.763. The van der Waals surface area contributed by atoms with E-state index in [2.05, 4.69) is 60.2 Å². The standard InChI is InChI=1S/C16H17BrClN/c1-10-8-15(18)5-4-13(10)9-19-16-11(2)6-14(17)7-12(16)3/h4-8,19H,9H2,1-3H3. The summed E-state index contributed by atoms with van der Waals surface area (Å²) in [7, 11) is 0. The van der Waals surface area contributed by atoms with E-state index in [0.717, 1.165) is 16.0 Å². The zero-order chi connectivity index (χ0) is 14.0. The predicted octanol–water partition coefficient (Wildman–Crippen LogP) is 5.64. The molecule has 2 rings (SSSR count). The van der Waals surface area contributed by atoms with Crippen LogP contribution in [0.5, 0.6) is 0 Å². The number of benzene rings is 2. The molecule has 3 heteroatoms. The lowest BCUT2D eigenvalue weighted by Crippen LogP contribution is -2.04. The van der Waals surface area contributed by atoms with Gasteiger partial charge in [0, 0.05) is 21.7 Å². The van der Waals surface area contributed by atoms with E-state index < -0.39 is 0 Å². The maximum absolute atomic E-state index is 5.98. The Bertz CT molecular complexity index is 585.